The molecule has 2 N–H and O–H groups in total. The first-order chi connectivity index (χ1) is 14.1. The summed E-state index contributed by atoms with van der Waals surface area (Å²) in [4.78, 5) is 11.2. The molecule has 0 radical (unpaired) electrons. The van der Waals surface area contributed by atoms with Crippen LogP contribution in [-0.4, -0.2) is 43.7 Å². The molecule has 29 heavy (non-hydrogen) atoms. The maximum atomic E-state index is 11.2. The van der Waals surface area contributed by atoms with Gasteiger partial charge in [0.1, 0.15) is 17.7 Å². The van der Waals surface area contributed by atoms with Gasteiger partial charge in [0, 0.05) is 20.3 Å². The third-order valence-electron chi connectivity index (χ3n) is 5.27. The summed E-state index contributed by atoms with van der Waals surface area (Å²) in [5.41, 5.74) is 0.818. The van der Waals surface area contributed by atoms with Gasteiger partial charge in [-0.05, 0) is 61.5 Å². The van der Waals surface area contributed by atoms with Gasteiger partial charge in [0.25, 0.3) is 0 Å². The molecule has 1 aliphatic heterocycles. The number of nitrogens with one attached hydrogen (secondary N) is 1. The van der Waals surface area contributed by atoms with Crippen LogP contribution in [0, 0.1) is 11.8 Å². The molecule has 0 aromatic rings. The second-order valence-corrected chi connectivity index (χ2v) is 7.64. The number of carbonyl (C=O) groups is 1. The second kappa shape index (κ2) is 10.6. The summed E-state index contributed by atoms with van der Waals surface area (Å²) in [7, 11) is 1.69. The van der Waals surface area contributed by atoms with Crippen molar-refractivity contribution >= 4 is 5.97 Å². The number of rotatable bonds is 9. The van der Waals surface area contributed by atoms with Gasteiger partial charge in [0.15, 0.2) is 0 Å². The van der Waals surface area contributed by atoms with E-state index < -0.39 is 5.97 Å². The van der Waals surface area contributed by atoms with E-state index in [-0.39, 0.29) is 18.8 Å². The summed E-state index contributed by atoms with van der Waals surface area (Å²) < 4.78 is 17.3. The maximum Gasteiger partial charge on any atom is 0.307 e. The third-order valence-corrected chi connectivity index (χ3v) is 5.27. The Bertz CT molecular complexity index is 734. The van der Waals surface area contributed by atoms with E-state index in [9.17, 15) is 4.79 Å². The lowest BCUT2D eigenvalue weighted by Gasteiger charge is -2.29. The minimum atomic E-state index is -0.838. The maximum absolute atomic E-state index is 11.2. The molecular weight excluding hydrogens is 370 g/mol. The second-order valence-electron chi connectivity index (χ2n) is 7.64. The number of methoxy groups -OCH3 is 1. The van der Waals surface area contributed by atoms with Crippen LogP contribution in [0.15, 0.2) is 59.6 Å². The summed E-state index contributed by atoms with van der Waals surface area (Å²) in [5, 5.41) is 12.5. The largest absolute Gasteiger partial charge is 0.481 e. The molecule has 4 unspecified atom stereocenters. The Balaban J connectivity index is 1.69. The Kier molecular flexibility index (Phi) is 7.86. The molecule has 158 valence electrons. The number of carboxylic acid groups (broad SMARTS) is 1. The highest BCUT2D eigenvalue weighted by Gasteiger charge is 2.24. The summed E-state index contributed by atoms with van der Waals surface area (Å²) in [6.45, 7) is 3.55. The van der Waals surface area contributed by atoms with Crippen molar-refractivity contribution in [2.24, 2.45) is 11.8 Å². The van der Waals surface area contributed by atoms with Crippen molar-refractivity contribution in [2.45, 2.75) is 44.9 Å². The van der Waals surface area contributed by atoms with Crippen molar-refractivity contribution in [1.29, 1.82) is 0 Å². The number of hydrogen-bond donors (Lipinski definition) is 2. The molecule has 0 spiro atoms. The summed E-state index contributed by atoms with van der Waals surface area (Å²) in [6, 6.07) is 0. The molecule has 0 fully saturated rings. The lowest BCUT2D eigenvalue weighted by molar-refractivity contribution is -0.136. The minimum absolute atomic E-state index is 0.00337. The molecule has 0 bridgehead atoms. The lowest BCUT2D eigenvalue weighted by atomic mass is 9.85. The van der Waals surface area contributed by atoms with E-state index in [1.807, 2.05) is 18.2 Å². The zero-order valence-electron chi connectivity index (χ0n) is 17.2. The van der Waals surface area contributed by atoms with E-state index in [1.165, 1.54) is 0 Å². The highest BCUT2D eigenvalue weighted by molar-refractivity contribution is 5.70. The number of aliphatic carboxylic acids is 1. The number of carboxylic acids is 1. The molecule has 3 rings (SSSR count). The Morgan fingerprint density at radius 1 is 1.24 bits per heavy atom. The van der Waals surface area contributed by atoms with Crippen LogP contribution in [0.1, 0.15) is 32.6 Å². The fourth-order valence-corrected chi connectivity index (χ4v) is 3.83. The predicted molar refractivity (Wildman–Crippen MR) is 111 cm³/mol. The summed E-state index contributed by atoms with van der Waals surface area (Å²) in [6.07, 6.45) is 16.6. The van der Waals surface area contributed by atoms with Gasteiger partial charge in [-0.1, -0.05) is 24.6 Å². The van der Waals surface area contributed by atoms with Gasteiger partial charge in [-0.2, -0.15) is 0 Å². The van der Waals surface area contributed by atoms with Gasteiger partial charge < -0.3 is 19.3 Å². The van der Waals surface area contributed by atoms with Crippen LogP contribution in [0.2, 0.25) is 0 Å². The molecule has 3 aliphatic rings. The molecule has 6 nitrogen and oxygen atoms in total. The minimum Gasteiger partial charge on any atom is -0.481 e. The first-order valence-electron chi connectivity index (χ1n) is 10.3. The van der Waals surface area contributed by atoms with Crippen molar-refractivity contribution in [3.05, 3.63) is 59.6 Å². The van der Waals surface area contributed by atoms with E-state index in [1.54, 1.807) is 7.11 Å². The molecule has 4 atom stereocenters. The van der Waals surface area contributed by atoms with Gasteiger partial charge in [0.2, 0.25) is 0 Å². The molecule has 1 heterocycles. The van der Waals surface area contributed by atoms with Crippen molar-refractivity contribution in [2.75, 3.05) is 20.3 Å². The van der Waals surface area contributed by atoms with Crippen molar-refractivity contribution < 1.29 is 24.1 Å². The molecule has 2 aliphatic carbocycles. The highest BCUT2D eigenvalue weighted by atomic mass is 16.5. The van der Waals surface area contributed by atoms with Gasteiger partial charge in [0.05, 0.1) is 12.5 Å². The standard InChI is InChI=1S/C23H31NO5/c1-3-9-28-20-10-16(12-23(25)26)11-21(14-20)29-19-6-4-5-17(13-19)18-7-8-22(27-2)24-15-18/h4,6-8,11,13-14,17-18,20,22,24H,3,5,9-10,12,15H2,1-2H3,(H,25,26). The Labute approximate surface area is 172 Å². The fourth-order valence-electron chi connectivity index (χ4n) is 3.83. The summed E-state index contributed by atoms with van der Waals surface area (Å²) >= 11 is 0. The Hall–Kier alpha value is -2.15. The average Bonchev–Trinajstić information content (AvgIpc) is 2.72. The predicted octanol–water partition coefficient (Wildman–Crippen LogP) is 3.70. The van der Waals surface area contributed by atoms with Gasteiger partial charge in [-0.25, -0.2) is 0 Å². The number of hydrogen-bond acceptors (Lipinski definition) is 5. The Morgan fingerprint density at radius 2 is 2.10 bits per heavy atom. The normalized spacial score (nSPS) is 29.1. The van der Waals surface area contributed by atoms with Crippen molar-refractivity contribution in [1.82, 2.24) is 5.32 Å². The van der Waals surface area contributed by atoms with Crippen LogP contribution in [0.5, 0.6) is 0 Å². The zero-order chi connectivity index (χ0) is 20.6. The quantitative estimate of drug-likeness (QED) is 0.574. The van der Waals surface area contributed by atoms with Crippen LogP contribution in [0.25, 0.3) is 0 Å². The molecule has 0 aromatic heterocycles. The first-order valence-corrected chi connectivity index (χ1v) is 10.3. The SMILES string of the molecule is CCCOC1C=C(OC2=CC(C3C=CC(OC)NC3)CC=C2)C=C(CC(=O)O)C1. The molecular formula is C23H31NO5. The van der Waals surface area contributed by atoms with Crippen LogP contribution < -0.4 is 5.32 Å². The average molecular weight is 402 g/mol. The van der Waals surface area contributed by atoms with E-state index in [0.29, 0.717) is 30.6 Å². The van der Waals surface area contributed by atoms with E-state index in [4.69, 9.17) is 19.3 Å². The molecule has 0 amide bonds. The molecule has 0 saturated carbocycles. The number of allylic oxidation sites excluding steroid dienone is 4. The van der Waals surface area contributed by atoms with E-state index in [0.717, 1.165) is 30.7 Å². The third kappa shape index (κ3) is 6.42. The van der Waals surface area contributed by atoms with Crippen LogP contribution in [0.4, 0.5) is 0 Å². The Morgan fingerprint density at radius 3 is 2.79 bits per heavy atom. The van der Waals surface area contributed by atoms with Crippen LogP contribution in [-0.2, 0) is 19.0 Å². The highest BCUT2D eigenvalue weighted by Crippen LogP contribution is 2.30. The summed E-state index contributed by atoms with van der Waals surface area (Å²) in [5.74, 6) is 1.33. The lowest BCUT2D eigenvalue weighted by Crippen LogP contribution is -2.38. The fraction of sp³-hybridized carbons (Fsp3) is 0.522. The van der Waals surface area contributed by atoms with Gasteiger partial charge >= 0.3 is 5.97 Å². The topological polar surface area (TPSA) is 77.0 Å². The van der Waals surface area contributed by atoms with Crippen LogP contribution >= 0.6 is 0 Å². The van der Waals surface area contributed by atoms with Crippen molar-refractivity contribution in [3.63, 3.8) is 0 Å². The van der Waals surface area contributed by atoms with Gasteiger partial charge in [-0.3, -0.25) is 10.1 Å². The van der Waals surface area contributed by atoms with Gasteiger partial charge in [-0.15, -0.1) is 0 Å². The van der Waals surface area contributed by atoms with E-state index >= 15 is 0 Å². The number of ether oxygens (including phenoxy) is 3. The van der Waals surface area contributed by atoms with Crippen molar-refractivity contribution in [3.8, 4) is 0 Å². The molecule has 0 saturated heterocycles. The van der Waals surface area contributed by atoms with Crippen LogP contribution in [0.3, 0.4) is 0 Å². The smallest absolute Gasteiger partial charge is 0.307 e. The monoisotopic (exact) mass is 401 g/mol. The molecule has 6 heteroatoms. The molecule has 0 aromatic carbocycles. The first kappa shape index (κ1) is 21.6. The van der Waals surface area contributed by atoms with E-state index in [2.05, 4.69) is 36.5 Å². The zero-order valence-corrected chi connectivity index (χ0v) is 17.2.